The van der Waals surface area contributed by atoms with Gasteiger partial charge < -0.3 is 10.2 Å². The Kier molecular flexibility index (Phi) is 3.53. The quantitative estimate of drug-likeness (QED) is 0.583. The number of nitro benzene ring substituents is 1. The molecule has 0 amide bonds. The van der Waals surface area contributed by atoms with Crippen molar-refractivity contribution in [2.24, 2.45) is 15.7 Å². The number of furan rings is 1. The largest absolute Gasteiger partial charge is 0.455 e. The summed E-state index contributed by atoms with van der Waals surface area (Å²) in [4.78, 5) is 19.0. The molecule has 0 fully saturated rings. The van der Waals surface area contributed by atoms with Crippen LogP contribution < -0.4 is 5.73 Å². The number of nitro groups is 1. The molecule has 124 valence electrons. The average molecular weight is 334 g/mol. The van der Waals surface area contributed by atoms with Gasteiger partial charge in [-0.1, -0.05) is 30.3 Å². The molecule has 0 radical (unpaired) electrons. The fourth-order valence-corrected chi connectivity index (χ4v) is 2.89. The first kappa shape index (κ1) is 15.1. The Hall–Kier alpha value is -3.48. The second-order valence-corrected chi connectivity index (χ2v) is 5.76. The molecule has 0 bridgehead atoms. The van der Waals surface area contributed by atoms with Crippen LogP contribution in [0.15, 0.2) is 69.0 Å². The monoisotopic (exact) mass is 334 g/mol. The van der Waals surface area contributed by atoms with Crippen LogP contribution in [0.5, 0.6) is 0 Å². The molecule has 2 N–H and O–H groups in total. The predicted octanol–water partition coefficient (Wildman–Crippen LogP) is 3.59. The molecule has 0 spiro atoms. The van der Waals surface area contributed by atoms with E-state index in [9.17, 15) is 10.1 Å². The molecule has 1 unspecified atom stereocenters. The minimum absolute atomic E-state index is 0.0442. The molecule has 4 rings (SSSR count). The van der Waals surface area contributed by atoms with Gasteiger partial charge in [-0.25, -0.2) is 9.98 Å². The molecular formula is C18H14N4O3. The molecule has 3 aromatic rings. The van der Waals surface area contributed by atoms with Gasteiger partial charge in [0.15, 0.2) is 0 Å². The fourth-order valence-electron chi connectivity index (χ4n) is 2.89. The van der Waals surface area contributed by atoms with Crippen LogP contribution in [0, 0.1) is 10.1 Å². The summed E-state index contributed by atoms with van der Waals surface area (Å²) >= 11 is 0. The van der Waals surface area contributed by atoms with Gasteiger partial charge >= 0.3 is 0 Å². The van der Waals surface area contributed by atoms with Gasteiger partial charge in [0, 0.05) is 23.9 Å². The first-order valence-corrected chi connectivity index (χ1v) is 7.74. The van der Waals surface area contributed by atoms with Crippen molar-refractivity contribution in [2.75, 3.05) is 0 Å². The van der Waals surface area contributed by atoms with Gasteiger partial charge in [0.2, 0.25) is 5.96 Å². The van der Waals surface area contributed by atoms with Crippen LogP contribution in [0.1, 0.15) is 23.8 Å². The van der Waals surface area contributed by atoms with Gasteiger partial charge in [0.05, 0.1) is 16.7 Å². The summed E-state index contributed by atoms with van der Waals surface area (Å²) in [6.07, 6.45) is 0.512. The van der Waals surface area contributed by atoms with Crippen LogP contribution in [0.25, 0.3) is 11.0 Å². The molecule has 0 saturated carbocycles. The summed E-state index contributed by atoms with van der Waals surface area (Å²) in [5.41, 5.74) is 8.26. The van der Waals surface area contributed by atoms with E-state index in [2.05, 4.69) is 9.98 Å². The van der Waals surface area contributed by atoms with Crippen molar-refractivity contribution in [2.45, 2.75) is 12.5 Å². The average Bonchev–Trinajstić information content (AvgIpc) is 3.05. The Morgan fingerprint density at radius 3 is 2.64 bits per heavy atom. The van der Waals surface area contributed by atoms with Crippen molar-refractivity contribution in [3.05, 3.63) is 76.0 Å². The van der Waals surface area contributed by atoms with Crippen molar-refractivity contribution >= 4 is 28.3 Å². The highest BCUT2D eigenvalue weighted by molar-refractivity contribution is 6.08. The Bertz CT molecular complexity index is 985. The van der Waals surface area contributed by atoms with Crippen molar-refractivity contribution < 1.29 is 9.34 Å². The van der Waals surface area contributed by atoms with Crippen LogP contribution in [0.3, 0.4) is 0 Å². The lowest BCUT2D eigenvalue weighted by atomic mass is 9.99. The molecule has 1 aliphatic rings. The summed E-state index contributed by atoms with van der Waals surface area (Å²) in [7, 11) is 0. The van der Waals surface area contributed by atoms with Crippen LogP contribution in [-0.4, -0.2) is 16.6 Å². The van der Waals surface area contributed by atoms with Crippen LogP contribution in [0.2, 0.25) is 0 Å². The number of guanidine groups is 1. The third-order valence-electron chi connectivity index (χ3n) is 4.12. The molecule has 2 heterocycles. The van der Waals surface area contributed by atoms with Gasteiger partial charge in [0.25, 0.3) is 5.69 Å². The SMILES string of the molecule is NC1=NC(c2ccc([N+](=O)[O-])cc2)CC(c2cc3ccccc3o2)=N1. The fraction of sp³-hybridized carbons (Fsp3) is 0.111. The number of nitrogens with zero attached hydrogens (tertiary/aromatic N) is 3. The second kappa shape index (κ2) is 5.86. The molecule has 1 aromatic heterocycles. The molecule has 1 aliphatic heterocycles. The van der Waals surface area contributed by atoms with E-state index in [1.165, 1.54) is 12.1 Å². The summed E-state index contributed by atoms with van der Waals surface area (Å²) in [6.45, 7) is 0. The third-order valence-corrected chi connectivity index (χ3v) is 4.12. The molecular weight excluding hydrogens is 320 g/mol. The lowest BCUT2D eigenvalue weighted by molar-refractivity contribution is -0.384. The topological polar surface area (TPSA) is 107 Å². The highest BCUT2D eigenvalue weighted by Crippen LogP contribution is 2.30. The van der Waals surface area contributed by atoms with E-state index in [4.69, 9.17) is 10.2 Å². The van der Waals surface area contributed by atoms with E-state index in [1.807, 2.05) is 30.3 Å². The van der Waals surface area contributed by atoms with Crippen molar-refractivity contribution in [3.8, 4) is 0 Å². The number of para-hydroxylation sites is 1. The van der Waals surface area contributed by atoms with Gasteiger partial charge in [-0.15, -0.1) is 0 Å². The normalized spacial score (nSPS) is 17.2. The first-order chi connectivity index (χ1) is 12.1. The lowest BCUT2D eigenvalue weighted by Gasteiger charge is -2.18. The van der Waals surface area contributed by atoms with Crippen LogP contribution >= 0.6 is 0 Å². The van der Waals surface area contributed by atoms with Crippen LogP contribution in [-0.2, 0) is 0 Å². The minimum Gasteiger partial charge on any atom is -0.455 e. The number of hydrogen-bond donors (Lipinski definition) is 1. The highest BCUT2D eigenvalue weighted by Gasteiger charge is 2.23. The number of hydrogen-bond acceptors (Lipinski definition) is 6. The molecule has 7 heteroatoms. The maximum absolute atomic E-state index is 10.8. The van der Waals surface area contributed by atoms with Gasteiger partial charge in [0.1, 0.15) is 11.3 Å². The molecule has 25 heavy (non-hydrogen) atoms. The molecule has 0 aliphatic carbocycles. The van der Waals surface area contributed by atoms with E-state index in [0.29, 0.717) is 17.9 Å². The summed E-state index contributed by atoms with van der Waals surface area (Å²) in [5, 5.41) is 11.8. The Balaban J connectivity index is 1.65. The Labute approximate surface area is 142 Å². The number of fused-ring (bicyclic) bond motifs is 1. The predicted molar refractivity (Wildman–Crippen MR) is 94.8 cm³/mol. The zero-order valence-electron chi connectivity index (χ0n) is 13.1. The minimum atomic E-state index is -0.427. The van der Waals surface area contributed by atoms with E-state index in [-0.39, 0.29) is 17.7 Å². The molecule has 7 nitrogen and oxygen atoms in total. The summed E-state index contributed by atoms with van der Waals surface area (Å²) < 4.78 is 5.86. The maximum atomic E-state index is 10.8. The summed E-state index contributed by atoms with van der Waals surface area (Å²) in [5.74, 6) is 0.830. The zero-order chi connectivity index (χ0) is 17.4. The second-order valence-electron chi connectivity index (χ2n) is 5.76. The van der Waals surface area contributed by atoms with Gasteiger partial charge in [-0.3, -0.25) is 10.1 Å². The smallest absolute Gasteiger partial charge is 0.269 e. The van der Waals surface area contributed by atoms with E-state index in [0.717, 1.165) is 16.5 Å². The molecule has 1 atom stereocenters. The lowest BCUT2D eigenvalue weighted by Crippen LogP contribution is -2.21. The van der Waals surface area contributed by atoms with E-state index >= 15 is 0 Å². The molecule has 2 aromatic carbocycles. The van der Waals surface area contributed by atoms with E-state index < -0.39 is 4.92 Å². The number of nitrogens with two attached hydrogens (primary N) is 1. The van der Waals surface area contributed by atoms with Crippen molar-refractivity contribution in [3.63, 3.8) is 0 Å². The highest BCUT2D eigenvalue weighted by atomic mass is 16.6. The van der Waals surface area contributed by atoms with Crippen LogP contribution in [0.4, 0.5) is 5.69 Å². The third kappa shape index (κ3) is 2.87. The number of aliphatic imine (C=N–C) groups is 2. The van der Waals surface area contributed by atoms with E-state index in [1.54, 1.807) is 12.1 Å². The van der Waals surface area contributed by atoms with Crippen molar-refractivity contribution in [1.82, 2.24) is 0 Å². The Morgan fingerprint density at radius 2 is 1.92 bits per heavy atom. The maximum Gasteiger partial charge on any atom is 0.269 e. The zero-order valence-corrected chi connectivity index (χ0v) is 13.1. The molecule has 0 saturated heterocycles. The van der Waals surface area contributed by atoms with Crippen molar-refractivity contribution in [1.29, 1.82) is 0 Å². The standard InChI is InChI=1S/C18H14N4O3/c19-18-20-14(11-5-7-13(8-6-11)22(23)24)10-15(21-18)17-9-12-3-1-2-4-16(12)25-17/h1-9,14H,10H2,(H2,19,20). The van der Waals surface area contributed by atoms with Gasteiger partial charge in [-0.2, -0.15) is 0 Å². The number of benzene rings is 2. The number of non-ortho nitro benzene ring substituents is 1. The Morgan fingerprint density at radius 1 is 1.16 bits per heavy atom. The first-order valence-electron chi connectivity index (χ1n) is 7.74. The summed E-state index contributed by atoms with van der Waals surface area (Å²) in [6, 6.07) is 15.7. The number of rotatable bonds is 3. The van der Waals surface area contributed by atoms with Gasteiger partial charge in [-0.05, 0) is 17.7 Å².